The van der Waals surface area contributed by atoms with Crippen LogP contribution in [0.1, 0.15) is 15.9 Å². The molecule has 4 rings (SSSR count). The number of anilines is 2. The number of nitrogens with one attached hydrogen (secondary N) is 2. The van der Waals surface area contributed by atoms with E-state index >= 15 is 0 Å². The Bertz CT molecular complexity index is 1420. The summed E-state index contributed by atoms with van der Waals surface area (Å²) >= 11 is 6.32. The lowest BCUT2D eigenvalue weighted by molar-refractivity contribution is 0.102. The van der Waals surface area contributed by atoms with Gasteiger partial charge in [0.1, 0.15) is 12.1 Å². The molecule has 0 aliphatic carbocycles. The molecule has 2 N–H and O–H groups in total. The van der Waals surface area contributed by atoms with Gasteiger partial charge in [0.05, 0.1) is 28.3 Å². The molecule has 0 unspecified atom stereocenters. The Hall–Kier alpha value is -3.96. The standard InChI is InChI=1S/C22H19ClN6O4S/c1-14-3-9-17(10-4-14)34(31,32)26-16-7-5-15(6-8-16)25-22(30)18-11-19(23)20(12-21(18)33-2)29-13-24-27-28-29/h3-13,26H,1-2H3,(H,25,30). The van der Waals surface area contributed by atoms with Crippen molar-refractivity contribution in [2.24, 2.45) is 0 Å². The first kappa shape index (κ1) is 23.2. The Morgan fingerprint density at radius 1 is 1.03 bits per heavy atom. The second kappa shape index (κ2) is 9.49. The molecule has 0 fully saturated rings. The number of amides is 1. The number of aromatic nitrogens is 4. The quantitative estimate of drug-likeness (QED) is 0.397. The largest absolute Gasteiger partial charge is 0.496 e. The van der Waals surface area contributed by atoms with E-state index in [9.17, 15) is 13.2 Å². The molecule has 1 amide bonds. The van der Waals surface area contributed by atoms with E-state index in [4.69, 9.17) is 16.3 Å². The molecular weight excluding hydrogens is 480 g/mol. The fraction of sp³-hybridized carbons (Fsp3) is 0.0909. The Kier molecular flexibility index (Phi) is 6.48. The number of sulfonamides is 1. The van der Waals surface area contributed by atoms with E-state index in [1.807, 2.05) is 6.92 Å². The van der Waals surface area contributed by atoms with Gasteiger partial charge < -0.3 is 10.1 Å². The number of halogens is 1. The van der Waals surface area contributed by atoms with E-state index in [1.54, 1.807) is 42.5 Å². The minimum absolute atomic E-state index is 0.157. The number of methoxy groups -OCH3 is 1. The predicted molar refractivity (Wildman–Crippen MR) is 127 cm³/mol. The summed E-state index contributed by atoms with van der Waals surface area (Å²) in [6, 6.07) is 15.8. The first-order valence-corrected chi connectivity index (χ1v) is 11.7. The highest BCUT2D eigenvalue weighted by atomic mass is 35.5. The Balaban J connectivity index is 1.50. The van der Waals surface area contributed by atoms with Gasteiger partial charge in [-0.25, -0.2) is 8.42 Å². The first-order valence-electron chi connectivity index (χ1n) is 9.88. The number of carbonyl (C=O) groups excluding carboxylic acids is 1. The molecule has 0 radical (unpaired) electrons. The van der Waals surface area contributed by atoms with E-state index in [0.717, 1.165) is 5.56 Å². The SMILES string of the molecule is COc1cc(-n2cnnn2)c(Cl)cc1C(=O)Nc1ccc(NS(=O)(=O)c2ccc(C)cc2)cc1. The Labute approximate surface area is 200 Å². The van der Waals surface area contributed by atoms with E-state index in [1.165, 1.54) is 36.3 Å². The van der Waals surface area contributed by atoms with Crippen LogP contribution in [0, 0.1) is 6.92 Å². The van der Waals surface area contributed by atoms with Gasteiger partial charge in [-0.1, -0.05) is 29.3 Å². The number of aryl methyl sites for hydroxylation is 1. The summed E-state index contributed by atoms with van der Waals surface area (Å²) in [6.45, 7) is 1.88. The molecule has 0 aliphatic heterocycles. The number of benzene rings is 3. The second-order valence-electron chi connectivity index (χ2n) is 7.21. The van der Waals surface area contributed by atoms with Gasteiger partial charge in [-0.2, -0.15) is 4.68 Å². The lowest BCUT2D eigenvalue weighted by Gasteiger charge is -2.13. The molecule has 0 saturated carbocycles. The molecule has 3 aromatic carbocycles. The molecule has 10 nitrogen and oxygen atoms in total. The maximum absolute atomic E-state index is 12.9. The Morgan fingerprint density at radius 2 is 1.71 bits per heavy atom. The zero-order chi connectivity index (χ0) is 24.3. The molecular formula is C22H19ClN6O4S. The van der Waals surface area contributed by atoms with Crippen molar-refractivity contribution in [3.05, 3.63) is 83.1 Å². The number of nitrogens with zero attached hydrogens (tertiary/aromatic N) is 4. The lowest BCUT2D eigenvalue weighted by Crippen LogP contribution is -2.15. The minimum Gasteiger partial charge on any atom is -0.496 e. The van der Waals surface area contributed by atoms with E-state index in [0.29, 0.717) is 17.1 Å². The maximum atomic E-state index is 12.9. The summed E-state index contributed by atoms with van der Waals surface area (Å²) in [5, 5.41) is 13.9. The van der Waals surface area contributed by atoms with Crippen LogP contribution in [-0.4, -0.2) is 41.6 Å². The van der Waals surface area contributed by atoms with Gasteiger partial charge >= 0.3 is 0 Å². The average molecular weight is 499 g/mol. The van der Waals surface area contributed by atoms with Gasteiger partial charge in [0.15, 0.2) is 0 Å². The van der Waals surface area contributed by atoms with Crippen molar-refractivity contribution in [2.45, 2.75) is 11.8 Å². The van der Waals surface area contributed by atoms with Crippen LogP contribution < -0.4 is 14.8 Å². The normalized spacial score (nSPS) is 11.1. The summed E-state index contributed by atoms with van der Waals surface area (Å²) in [4.78, 5) is 13.0. The van der Waals surface area contributed by atoms with Crippen LogP contribution in [0.25, 0.3) is 5.69 Å². The van der Waals surface area contributed by atoms with Crippen LogP contribution >= 0.6 is 11.6 Å². The van der Waals surface area contributed by atoms with Gasteiger partial charge in [0.2, 0.25) is 0 Å². The summed E-state index contributed by atoms with van der Waals surface area (Å²) in [7, 11) is -2.30. The predicted octanol–water partition coefficient (Wildman–Crippen LogP) is 3.69. The van der Waals surface area contributed by atoms with Crippen LogP contribution in [0.5, 0.6) is 5.75 Å². The Morgan fingerprint density at radius 3 is 2.32 bits per heavy atom. The molecule has 12 heteroatoms. The first-order chi connectivity index (χ1) is 16.3. The van der Waals surface area contributed by atoms with E-state index in [-0.39, 0.29) is 21.2 Å². The number of tetrazole rings is 1. The van der Waals surface area contributed by atoms with Crippen LogP contribution in [0.3, 0.4) is 0 Å². The minimum atomic E-state index is -3.73. The number of rotatable bonds is 7. The molecule has 0 saturated heterocycles. The topological polar surface area (TPSA) is 128 Å². The molecule has 0 atom stereocenters. The van der Waals surface area contributed by atoms with Crippen molar-refractivity contribution < 1.29 is 17.9 Å². The number of hydrogen-bond acceptors (Lipinski definition) is 7. The fourth-order valence-corrected chi connectivity index (χ4v) is 4.40. The average Bonchev–Trinajstić information content (AvgIpc) is 3.35. The summed E-state index contributed by atoms with van der Waals surface area (Å²) in [6.07, 6.45) is 1.37. The van der Waals surface area contributed by atoms with Crippen molar-refractivity contribution in [3.63, 3.8) is 0 Å². The molecule has 4 aromatic rings. The monoisotopic (exact) mass is 498 g/mol. The van der Waals surface area contributed by atoms with Gasteiger partial charge in [0.25, 0.3) is 15.9 Å². The van der Waals surface area contributed by atoms with E-state index in [2.05, 4.69) is 25.6 Å². The number of hydrogen-bond donors (Lipinski definition) is 2. The molecule has 0 aliphatic rings. The highest BCUT2D eigenvalue weighted by Gasteiger charge is 2.18. The van der Waals surface area contributed by atoms with Crippen molar-refractivity contribution in [1.82, 2.24) is 20.2 Å². The fourth-order valence-electron chi connectivity index (χ4n) is 3.09. The molecule has 34 heavy (non-hydrogen) atoms. The summed E-state index contributed by atoms with van der Waals surface area (Å²) < 4.78 is 34.3. The van der Waals surface area contributed by atoms with Gasteiger partial charge in [-0.3, -0.25) is 9.52 Å². The number of ether oxygens (including phenoxy) is 1. The molecule has 0 spiro atoms. The highest BCUT2D eigenvalue weighted by Crippen LogP contribution is 2.30. The molecule has 174 valence electrons. The third-order valence-electron chi connectivity index (χ3n) is 4.84. The van der Waals surface area contributed by atoms with Crippen LogP contribution in [-0.2, 0) is 10.0 Å². The molecule has 1 heterocycles. The maximum Gasteiger partial charge on any atom is 0.261 e. The molecule has 0 bridgehead atoms. The van der Waals surface area contributed by atoms with Crippen LogP contribution in [0.15, 0.2) is 71.9 Å². The third kappa shape index (κ3) is 5.00. The van der Waals surface area contributed by atoms with Crippen molar-refractivity contribution >= 4 is 38.9 Å². The lowest BCUT2D eigenvalue weighted by atomic mass is 10.1. The third-order valence-corrected chi connectivity index (χ3v) is 6.54. The summed E-state index contributed by atoms with van der Waals surface area (Å²) in [5.74, 6) is -0.190. The van der Waals surface area contributed by atoms with Gasteiger partial charge in [-0.15, -0.1) is 5.10 Å². The summed E-state index contributed by atoms with van der Waals surface area (Å²) in [5.41, 5.74) is 2.41. The molecule has 1 aromatic heterocycles. The number of carbonyl (C=O) groups is 1. The smallest absolute Gasteiger partial charge is 0.261 e. The zero-order valence-corrected chi connectivity index (χ0v) is 19.6. The van der Waals surface area contributed by atoms with Crippen molar-refractivity contribution in [2.75, 3.05) is 17.1 Å². The van der Waals surface area contributed by atoms with Crippen molar-refractivity contribution in [3.8, 4) is 11.4 Å². The van der Waals surface area contributed by atoms with Gasteiger partial charge in [0, 0.05) is 17.4 Å². The van der Waals surface area contributed by atoms with Crippen molar-refractivity contribution in [1.29, 1.82) is 0 Å². The zero-order valence-electron chi connectivity index (χ0n) is 18.1. The van der Waals surface area contributed by atoms with Crippen LogP contribution in [0.4, 0.5) is 11.4 Å². The van der Waals surface area contributed by atoms with Crippen LogP contribution in [0.2, 0.25) is 5.02 Å². The van der Waals surface area contributed by atoms with E-state index < -0.39 is 15.9 Å². The van der Waals surface area contributed by atoms with Gasteiger partial charge in [-0.05, 0) is 59.8 Å². The second-order valence-corrected chi connectivity index (χ2v) is 9.30. The highest BCUT2D eigenvalue weighted by molar-refractivity contribution is 7.92.